The topological polar surface area (TPSA) is 86.3 Å². The highest BCUT2D eigenvalue weighted by Gasteiger charge is 2.25. The van der Waals surface area contributed by atoms with Gasteiger partial charge in [0.2, 0.25) is 5.91 Å². The number of aryl methyl sites for hydroxylation is 1. The Morgan fingerprint density at radius 1 is 1.45 bits per heavy atom. The fourth-order valence-electron chi connectivity index (χ4n) is 2.56. The van der Waals surface area contributed by atoms with E-state index in [0.717, 1.165) is 16.8 Å². The van der Waals surface area contributed by atoms with Crippen LogP contribution in [-0.2, 0) is 11.2 Å². The van der Waals surface area contributed by atoms with Crippen LogP contribution in [0.25, 0.3) is 11.1 Å². The van der Waals surface area contributed by atoms with E-state index in [0.29, 0.717) is 17.7 Å². The smallest absolute Gasteiger partial charge is 0.357 e. The summed E-state index contributed by atoms with van der Waals surface area (Å²) < 4.78 is 0. The molecule has 2 heterocycles. The second-order valence-electron chi connectivity index (χ2n) is 4.85. The maximum absolute atomic E-state index is 11.7. The molecule has 2 N–H and O–H groups in total. The molecule has 0 aliphatic carbocycles. The van der Waals surface area contributed by atoms with Crippen LogP contribution in [0, 0.1) is 6.92 Å². The summed E-state index contributed by atoms with van der Waals surface area (Å²) in [5.41, 5.74) is 3.81. The third-order valence-electron chi connectivity index (χ3n) is 3.60. The quantitative estimate of drug-likeness (QED) is 0.868. The Morgan fingerprint density at radius 3 is 2.90 bits per heavy atom. The zero-order valence-corrected chi connectivity index (χ0v) is 11.1. The highest BCUT2D eigenvalue weighted by atomic mass is 16.4. The van der Waals surface area contributed by atoms with Gasteiger partial charge >= 0.3 is 5.97 Å². The average Bonchev–Trinajstić information content (AvgIpc) is 2.91. The number of rotatable bonds is 2. The van der Waals surface area contributed by atoms with Crippen LogP contribution >= 0.6 is 0 Å². The Balaban J connectivity index is 2.14. The molecule has 6 heteroatoms. The summed E-state index contributed by atoms with van der Waals surface area (Å²) >= 11 is 0. The van der Waals surface area contributed by atoms with E-state index in [9.17, 15) is 14.7 Å². The minimum atomic E-state index is -1.07. The number of aromatic carboxylic acids is 1. The van der Waals surface area contributed by atoms with Gasteiger partial charge in [-0.3, -0.25) is 9.89 Å². The number of nitrogens with one attached hydrogen (secondary N) is 1. The number of fused-ring (bicyclic) bond motifs is 1. The number of amides is 1. The van der Waals surface area contributed by atoms with Gasteiger partial charge in [-0.05, 0) is 30.2 Å². The molecule has 2 aromatic rings. The monoisotopic (exact) mass is 271 g/mol. The first kappa shape index (κ1) is 12.4. The SMILES string of the molecule is Cc1[nH]nc(C(=O)O)c1-c1ccc2c(c1)CC(=O)N2C. The number of nitrogens with zero attached hydrogens (tertiary/aromatic N) is 2. The normalized spacial score (nSPS) is 13.7. The van der Waals surface area contributed by atoms with E-state index in [1.165, 1.54) is 0 Å². The van der Waals surface area contributed by atoms with Crippen LogP contribution in [0.3, 0.4) is 0 Å². The maximum atomic E-state index is 11.7. The van der Waals surface area contributed by atoms with Crippen LogP contribution in [0.4, 0.5) is 5.69 Å². The molecule has 1 amide bonds. The van der Waals surface area contributed by atoms with Crippen LogP contribution in [0.15, 0.2) is 18.2 Å². The Labute approximate surface area is 115 Å². The second kappa shape index (κ2) is 4.19. The van der Waals surface area contributed by atoms with E-state index in [2.05, 4.69) is 10.2 Å². The van der Waals surface area contributed by atoms with Gasteiger partial charge in [-0.25, -0.2) is 4.79 Å². The highest BCUT2D eigenvalue weighted by molar-refractivity contribution is 6.02. The molecule has 0 atom stereocenters. The lowest BCUT2D eigenvalue weighted by atomic mass is 10.00. The zero-order chi connectivity index (χ0) is 14.4. The molecule has 1 aliphatic heterocycles. The van der Waals surface area contributed by atoms with Gasteiger partial charge in [0.25, 0.3) is 0 Å². The molecule has 102 valence electrons. The van der Waals surface area contributed by atoms with Crippen molar-refractivity contribution in [2.45, 2.75) is 13.3 Å². The Bertz CT molecular complexity index is 733. The minimum absolute atomic E-state index is 0.000119. The number of carboxylic acids is 1. The average molecular weight is 271 g/mol. The predicted octanol–water partition coefficient (Wildman–Crippen LogP) is 1.60. The van der Waals surface area contributed by atoms with Crippen molar-refractivity contribution in [3.05, 3.63) is 35.2 Å². The van der Waals surface area contributed by atoms with E-state index in [1.54, 1.807) is 18.9 Å². The van der Waals surface area contributed by atoms with Crippen molar-refractivity contribution in [2.24, 2.45) is 0 Å². The number of carbonyl (C=O) groups excluding carboxylic acids is 1. The largest absolute Gasteiger partial charge is 0.476 e. The van der Waals surface area contributed by atoms with E-state index >= 15 is 0 Å². The standard InChI is InChI=1S/C14H13N3O3/c1-7-12(13(14(19)20)16-15-7)8-3-4-10-9(5-8)6-11(18)17(10)2/h3-5H,6H2,1-2H3,(H,15,16)(H,19,20). The Morgan fingerprint density at radius 2 is 2.20 bits per heavy atom. The molecule has 20 heavy (non-hydrogen) atoms. The summed E-state index contributed by atoms with van der Waals surface area (Å²) in [5.74, 6) is -1.03. The fourth-order valence-corrected chi connectivity index (χ4v) is 2.56. The van der Waals surface area contributed by atoms with Crippen molar-refractivity contribution in [3.8, 4) is 11.1 Å². The Hall–Kier alpha value is -2.63. The van der Waals surface area contributed by atoms with Gasteiger partial charge in [-0.2, -0.15) is 5.10 Å². The number of carboxylic acid groups (broad SMARTS) is 1. The van der Waals surface area contributed by atoms with Crippen molar-refractivity contribution in [1.29, 1.82) is 0 Å². The predicted molar refractivity (Wildman–Crippen MR) is 72.8 cm³/mol. The molecule has 6 nitrogen and oxygen atoms in total. The number of benzene rings is 1. The molecule has 0 fully saturated rings. The van der Waals surface area contributed by atoms with Crippen molar-refractivity contribution >= 4 is 17.6 Å². The molecule has 0 saturated heterocycles. The maximum Gasteiger partial charge on any atom is 0.357 e. The lowest BCUT2D eigenvalue weighted by molar-refractivity contribution is -0.117. The molecule has 0 bridgehead atoms. The van der Waals surface area contributed by atoms with E-state index in [4.69, 9.17) is 0 Å². The molecule has 1 aromatic carbocycles. The number of likely N-dealkylation sites (N-methyl/N-ethyl adjacent to an activating group) is 1. The summed E-state index contributed by atoms with van der Waals surface area (Å²) in [4.78, 5) is 24.5. The molecule has 1 aromatic heterocycles. The molecule has 3 rings (SSSR count). The van der Waals surface area contributed by atoms with Crippen molar-refractivity contribution < 1.29 is 14.7 Å². The van der Waals surface area contributed by atoms with Crippen LogP contribution < -0.4 is 4.90 Å². The van der Waals surface area contributed by atoms with Crippen LogP contribution in [-0.4, -0.2) is 34.2 Å². The number of aromatic nitrogens is 2. The van der Waals surface area contributed by atoms with Crippen LogP contribution in [0.2, 0.25) is 0 Å². The minimum Gasteiger partial charge on any atom is -0.476 e. The molecule has 0 spiro atoms. The molecule has 0 saturated carbocycles. The summed E-state index contributed by atoms with van der Waals surface area (Å²) in [6.45, 7) is 1.78. The fraction of sp³-hybridized carbons (Fsp3) is 0.214. The molecular formula is C14H13N3O3. The molecular weight excluding hydrogens is 258 g/mol. The number of hydrogen-bond acceptors (Lipinski definition) is 3. The molecule has 1 aliphatic rings. The van der Waals surface area contributed by atoms with E-state index in [1.807, 2.05) is 18.2 Å². The van der Waals surface area contributed by atoms with Gasteiger partial charge in [-0.15, -0.1) is 0 Å². The number of carbonyl (C=O) groups is 2. The van der Waals surface area contributed by atoms with Crippen molar-refractivity contribution in [1.82, 2.24) is 10.2 Å². The summed E-state index contributed by atoms with van der Waals surface area (Å²) in [6, 6.07) is 5.52. The third-order valence-corrected chi connectivity index (χ3v) is 3.60. The number of hydrogen-bond donors (Lipinski definition) is 2. The third kappa shape index (κ3) is 1.69. The van der Waals surface area contributed by atoms with Gasteiger partial charge in [0, 0.05) is 24.0 Å². The van der Waals surface area contributed by atoms with Gasteiger partial charge in [0.1, 0.15) is 0 Å². The Kier molecular flexibility index (Phi) is 2.60. The van der Waals surface area contributed by atoms with Gasteiger partial charge < -0.3 is 10.0 Å². The van der Waals surface area contributed by atoms with Gasteiger partial charge in [0.15, 0.2) is 5.69 Å². The first-order chi connectivity index (χ1) is 9.49. The first-order valence-electron chi connectivity index (χ1n) is 6.17. The van der Waals surface area contributed by atoms with Gasteiger partial charge in [-0.1, -0.05) is 6.07 Å². The lowest BCUT2D eigenvalue weighted by Gasteiger charge is -2.10. The summed E-state index contributed by atoms with van der Waals surface area (Å²) in [7, 11) is 1.74. The lowest BCUT2D eigenvalue weighted by Crippen LogP contribution is -2.20. The number of anilines is 1. The van der Waals surface area contributed by atoms with E-state index in [-0.39, 0.29) is 11.6 Å². The summed E-state index contributed by atoms with van der Waals surface area (Å²) in [5, 5.41) is 15.7. The van der Waals surface area contributed by atoms with Crippen molar-refractivity contribution in [3.63, 3.8) is 0 Å². The zero-order valence-electron chi connectivity index (χ0n) is 11.1. The van der Waals surface area contributed by atoms with Crippen LogP contribution in [0.1, 0.15) is 21.7 Å². The highest BCUT2D eigenvalue weighted by Crippen LogP contribution is 2.34. The molecule has 0 radical (unpaired) electrons. The van der Waals surface area contributed by atoms with Crippen LogP contribution in [0.5, 0.6) is 0 Å². The summed E-state index contributed by atoms with van der Waals surface area (Å²) in [6.07, 6.45) is 0.346. The van der Waals surface area contributed by atoms with Gasteiger partial charge in [0.05, 0.1) is 6.42 Å². The molecule has 0 unspecified atom stereocenters. The first-order valence-corrected chi connectivity index (χ1v) is 6.17. The van der Waals surface area contributed by atoms with E-state index < -0.39 is 5.97 Å². The van der Waals surface area contributed by atoms with Crippen molar-refractivity contribution in [2.75, 3.05) is 11.9 Å². The number of H-pyrrole nitrogens is 1. The second-order valence-corrected chi connectivity index (χ2v) is 4.85. The number of aromatic amines is 1.